The van der Waals surface area contributed by atoms with Gasteiger partial charge in [-0.15, -0.1) is 0 Å². The molecule has 3 heteroatoms. The van der Waals surface area contributed by atoms with E-state index in [9.17, 15) is 0 Å². The molecule has 5 aromatic rings. The van der Waals surface area contributed by atoms with E-state index in [0.29, 0.717) is 0 Å². The summed E-state index contributed by atoms with van der Waals surface area (Å²) >= 11 is 0. The molecule has 0 atom stereocenters. The topological polar surface area (TPSA) is 47.3 Å². The zero-order chi connectivity index (χ0) is 27.2. The summed E-state index contributed by atoms with van der Waals surface area (Å²) in [5, 5.41) is 8.45. The Morgan fingerprint density at radius 1 is 0.632 bits per heavy atom. The summed E-state index contributed by atoms with van der Waals surface area (Å²) in [5.41, 5.74) is 13.9. The highest BCUT2D eigenvalue weighted by Gasteiger charge is 2.26. The zero-order valence-corrected chi connectivity index (χ0v) is 23.6. The summed E-state index contributed by atoms with van der Waals surface area (Å²) in [6.07, 6.45) is 0. The second-order valence-corrected chi connectivity index (χ2v) is 12.2. The molecule has 38 heavy (non-hydrogen) atoms. The van der Waals surface area contributed by atoms with Gasteiger partial charge in [-0.2, -0.15) is 0 Å². The standard InChI is InChI=1S/C35H38N2O/c1-34(2,3)24-20-27(35(4,5)6)33(38-7)30(21-24)37-29-19-17-23-13-9-11-15-26(23)32(29)31-25-14-10-8-12-22(25)16-18-28(31)36/h8-21,37H,36H2,1-7H3. The first-order valence-electron chi connectivity index (χ1n) is 13.3. The number of ether oxygens (including phenoxy) is 1. The van der Waals surface area contributed by atoms with Crippen LogP contribution < -0.4 is 15.8 Å². The highest BCUT2D eigenvalue weighted by molar-refractivity contribution is 6.13. The minimum Gasteiger partial charge on any atom is -0.494 e. The molecule has 0 aliphatic rings. The number of nitrogens with two attached hydrogens (primary N) is 1. The summed E-state index contributed by atoms with van der Waals surface area (Å²) < 4.78 is 6.08. The van der Waals surface area contributed by atoms with Gasteiger partial charge < -0.3 is 15.8 Å². The average molecular weight is 503 g/mol. The SMILES string of the molecule is COc1c(Nc2ccc3ccccc3c2-c2c(N)ccc3ccccc23)cc(C(C)(C)C)cc1C(C)(C)C. The molecule has 0 fully saturated rings. The van der Waals surface area contributed by atoms with Gasteiger partial charge in [0.15, 0.2) is 0 Å². The van der Waals surface area contributed by atoms with E-state index in [2.05, 4.69) is 126 Å². The molecule has 0 heterocycles. The van der Waals surface area contributed by atoms with Crippen LogP contribution in [-0.2, 0) is 10.8 Å². The fourth-order valence-corrected chi connectivity index (χ4v) is 5.29. The van der Waals surface area contributed by atoms with Gasteiger partial charge in [-0.25, -0.2) is 0 Å². The predicted molar refractivity (Wildman–Crippen MR) is 165 cm³/mol. The second-order valence-electron chi connectivity index (χ2n) is 12.2. The number of rotatable bonds is 4. The van der Waals surface area contributed by atoms with Gasteiger partial charge in [0.2, 0.25) is 0 Å². The van der Waals surface area contributed by atoms with Crippen LogP contribution in [-0.4, -0.2) is 7.11 Å². The van der Waals surface area contributed by atoms with Crippen LogP contribution in [0.3, 0.4) is 0 Å². The Balaban J connectivity index is 1.83. The molecular weight excluding hydrogens is 464 g/mol. The number of nitrogens with one attached hydrogen (secondary N) is 1. The van der Waals surface area contributed by atoms with Crippen molar-refractivity contribution in [3.8, 4) is 16.9 Å². The fourth-order valence-electron chi connectivity index (χ4n) is 5.29. The van der Waals surface area contributed by atoms with Crippen molar-refractivity contribution in [2.45, 2.75) is 52.4 Å². The molecule has 0 aliphatic carbocycles. The van der Waals surface area contributed by atoms with Crippen LogP contribution in [0.25, 0.3) is 32.7 Å². The van der Waals surface area contributed by atoms with E-state index in [1.807, 2.05) is 6.07 Å². The lowest BCUT2D eigenvalue weighted by atomic mass is 9.79. The average Bonchev–Trinajstić information content (AvgIpc) is 2.87. The first kappa shape index (κ1) is 25.7. The third-order valence-electron chi connectivity index (χ3n) is 7.38. The summed E-state index contributed by atoms with van der Waals surface area (Å²) in [4.78, 5) is 0. The van der Waals surface area contributed by atoms with E-state index in [4.69, 9.17) is 10.5 Å². The molecule has 3 nitrogen and oxygen atoms in total. The zero-order valence-electron chi connectivity index (χ0n) is 23.6. The molecule has 0 radical (unpaired) electrons. The molecule has 0 saturated carbocycles. The summed E-state index contributed by atoms with van der Waals surface area (Å²) in [7, 11) is 1.76. The normalized spacial score (nSPS) is 12.2. The first-order chi connectivity index (χ1) is 18.0. The van der Waals surface area contributed by atoms with Gasteiger partial charge in [0.25, 0.3) is 0 Å². The maximum Gasteiger partial charge on any atom is 0.146 e. The summed E-state index contributed by atoms with van der Waals surface area (Å²) in [5.74, 6) is 0.871. The van der Waals surface area contributed by atoms with Crippen LogP contribution in [0.4, 0.5) is 17.1 Å². The molecule has 0 aromatic heterocycles. The predicted octanol–water partition coefficient (Wildman–Crippen LogP) is 9.59. The number of nitrogen functional groups attached to an aromatic ring is 1. The van der Waals surface area contributed by atoms with E-state index in [1.165, 1.54) is 16.5 Å². The third kappa shape index (κ3) is 4.58. The fraction of sp³-hybridized carbons (Fsp3) is 0.257. The number of fused-ring (bicyclic) bond motifs is 2. The third-order valence-corrected chi connectivity index (χ3v) is 7.38. The maximum absolute atomic E-state index is 6.74. The molecular formula is C35H38N2O. The van der Waals surface area contributed by atoms with E-state index in [0.717, 1.165) is 50.1 Å². The number of benzene rings is 5. The monoisotopic (exact) mass is 502 g/mol. The van der Waals surface area contributed by atoms with Gasteiger partial charge in [-0.1, -0.05) is 108 Å². The molecule has 0 bridgehead atoms. The number of anilines is 3. The lowest BCUT2D eigenvalue weighted by Gasteiger charge is -2.29. The van der Waals surface area contributed by atoms with Crippen LogP contribution >= 0.6 is 0 Å². The number of hydrogen-bond donors (Lipinski definition) is 2. The summed E-state index contributed by atoms with van der Waals surface area (Å²) in [6.45, 7) is 13.5. The Hall–Kier alpha value is -3.98. The van der Waals surface area contributed by atoms with Crippen molar-refractivity contribution in [3.63, 3.8) is 0 Å². The van der Waals surface area contributed by atoms with Gasteiger partial charge in [0.05, 0.1) is 12.8 Å². The van der Waals surface area contributed by atoms with Crippen LogP contribution in [0, 0.1) is 0 Å². The van der Waals surface area contributed by atoms with E-state index in [-0.39, 0.29) is 10.8 Å². The van der Waals surface area contributed by atoms with Gasteiger partial charge in [0.1, 0.15) is 5.75 Å². The Bertz CT molecular complexity index is 1650. The van der Waals surface area contributed by atoms with E-state index >= 15 is 0 Å². The van der Waals surface area contributed by atoms with E-state index < -0.39 is 0 Å². The van der Waals surface area contributed by atoms with Crippen molar-refractivity contribution < 1.29 is 4.74 Å². The lowest BCUT2D eigenvalue weighted by molar-refractivity contribution is 0.398. The molecule has 0 unspecified atom stereocenters. The minimum absolute atomic E-state index is 0.0189. The molecule has 194 valence electrons. The molecule has 5 rings (SSSR count). The molecule has 0 amide bonds. The van der Waals surface area contributed by atoms with E-state index in [1.54, 1.807) is 7.11 Å². The van der Waals surface area contributed by atoms with Crippen molar-refractivity contribution in [1.29, 1.82) is 0 Å². The Morgan fingerprint density at radius 2 is 1.21 bits per heavy atom. The Kier molecular flexibility index (Phi) is 6.35. The molecule has 0 saturated heterocycles. The largest absolute Gasteiger partial charge is 0.494 e. The van der Waals surface area contributed by atoms with Crippen molar-refractivity contribution in [3.05, 3.63) is 96.1 Å². The molecule has 0 aliphatic heterocycles. The van der Waals surface area contributed by atoms with Crippen molar-refractivity contribution in [2.75, 3.05) is 18.2 Å². The minimum atomic E-state index is -0.0880. The Labute approximate surface area is 226 Å². The van der Waals surface area contributed by atoms with Crippen molar-refractivity contribution in [2.24, 2.45) is 0 Å². The van der Waals surface area contributed by atoms with Crippen LogP contribution in [0.1, 0.15) is 52.7 Å². The molecule has 5 aromatic carbocycles. The highest BCUT2D eigenvalue weighted by atomic mass is 16.5. The van der Waals surface area contributed by atoms with Crippen LogP contribution in [0.5, 0.6) is 5.75 Å². The van der Waals surface area contributed by atoms with Crippen molar-refractivity contribution >= 4 is 38.6 Å². The smallest absolute Gasteiger partial charge is 0.146 e. The Morgan fingerprint density at radius 3 is 1.79 bits per heavy atom. The molecule has 3 N–H and O–H groups in total. The van der Waals surface area contributed by atoms with Crippen LogP contribution in [0.2, 0.25) is 0 Å². The van der Waals surface area contributed by atoms with Gasteiger partial charge >= 0.3 is 0 Å². The first-order valence-corrected chi connectivity index (χ1v) is 13.3. The number of hydrogen-bond acceptors (Lipinski definition) is 3. The van der Waals surface area contributed by atoms with Gasteiger partial charge in [-0.3, -0.25) is 0 Å². The maximum atomic E-state index is 6.74. The van der Waals surface area contributed by atoms with Gasteiger partial charge in [0, 0.05) is 28.1 Å². The number of methoxy groups -OCH3 is 1. The second kappa shape index (κ2) is 9.40. The molecule has 0 spiro atoms. The van der Waals surface area contributed by atoms with Crippen LogP contribution in [0.15, 0.2) is 84.9 Å². The van der Waals surface area contributed by atoms with Crippen molar-refractivity contribution in [1.82, 2.24) is 0 Å². The summed E-state index contributed by atoms with van der Waals surface area (Å²) in [6, 6.07) is 29.9. The highest BCUT2D eigenvalue weighted by Crippen LogP contribution is 2.46. The lowest BCUT2D eigenvalue weighted by Crippen LogP contribution is -2.18. The van der Waals surface area contributed by atoms with Gasteiger partial charge in [-0.05, 0) is 56.1 Å². The quantitative estimate of drug-likeness (QED) is 0.241.